The molecule has 84 valence electrons. The second-order valence-corrected chi connectivity index (χ2v) is 4.33. The summed E-state index contributed by atoms with van der Waals surface area (Å²) in [6.45, 7) is 4.55. The van der Waals surface area contributed by atoms with Gasteiger partial charge in [0.15, 0.2) is 0 Å². The molecule has 1 N–H and O–H groups in total. The van der Waals surface area contributed by atoms with Gasteiger partial charge in [0.2, 0.25) is 5.13 Å². The second-order valence-electron chi connectivity index (χ2n) is 3.36. The van der Waals surface area contributed by atoms with E-state index in [4.69, 9.17) is 0 Å². The molecule has 0 aliphatic carbocycles. The molecule has 3 nitrogen and oxygen atoms in total. The van der Waals surface area contributed by atoms with E-state index in [1.807, 2.05) is 13.0 Å². The van der Waals surface area contributed by atoms with Crippen molar-refractivity contribution in [1.29, 1.82) is 0 Å². The fraction of sp³-hybridized carbons (Fsp3) is 0.273. The Morgan fingerprint density at radius 3 is 2.94 bits per heavy atom. The van der Waals surface area contributed by atoms with Gasteiger partial charge in [-0.1, -0.05) is 23.5 Å². The van der Waals surface area contributed by atoms with Crippen molar-refractivity contribution in [3.8, 4) is 10.6 Å². The van der Waals surface area contributed by atoms with Gasteiger partial charge in [-0.25, -0.2) is 4.39 Å². The molecule has 0 spiro atoms. The number of hydrogen-bond acceptors (Lipinski definition) is 4. The minimum atomic E-state index is -0.210. The number of benzene rings is 1. The Morgan fingerprint density at radius 2 is 2.19 bits per heavy atom. The summed E-state index contributed by atoms with van der Waals surface area (Å²) >= 11 is 1.43. The fourth-order valence-corrected chi connectivity index (χ4v) is 2.29. The molecule has 0 aliphatic heterocycles. The van der Waals surface area contributed by atoms with Crippen LogP contribution in [0.5, 0.6) is 0 Å². The zero-order valence-electron chi connectivity index (χ0n) is 9.12. The first-order valence-electron chi connectivity index (χ1n) is 5.05. The van der Waals surface area contributed by atoms with Gasteiger partial charge in [-0.05, 0) is 25.5 Å². The molecule has 2 rings (SSSR count). The van der Waals surface area contributed by atoms with Gasteiger partial charge in [0, 0.05) is 12.1 Å². The van der Waals surface area contributed by atoms with Crippen molar-refractivity contribution in [3.63, 3.8) is 0 Å². The number of aromatic nitrogens is 2. The summed E-state index contributed by atoms with van der Waals surface area (Å²) in [6.07, 6.45) is 0. The molecule has 0 bridgehead atoms. The summed E-state index contributed by atoms with van der Waals surface area (Å²) in [7, 11) is 0. The van der Waals surface area contributed by atoms with Crippen LogP contribution in [0.2, 0.25) is 0 Å². The van der Waals surface area contributed by atoms with Crippen molar-refractivity contribution in [2.45, 2.75) is 13.8 Å². The molecule has 1 aromatic heterocycles. The average molecular weight is 237 g/mol. The van der Waals surface area contributed by atoms with Gasteiger partial charge in [0.1, 0.15) is 10.8 Å². The highest BCUT2D eigenvalue weighted by atomic mass is 32.1. The highest BCUT2D eigenvalue weighted by Gasteiger charge is 2.10. The summed E-state index contributed by atoms with van der Waals surface area (Å²) in [5.74, 6) is -0.210. The van der Waals surface area contributed by atoms with Crippen LogP contribution in [-0.4, -0.2) is 16.7 Å². The van der Waals surface area contributed by atoms with Gasteiger partial charge >= 0.3 is 0 Å². The molecule has 1 aromatic carbocycles. The maximum atomic E-state index is 13.4. The highest BCUT2D eigenvalue weighted by Crippen LogP contribution is 2.29. The Kier molecular flexibility index (Phi) is 3.14. The molecule has 0 unspecified atom stereocenters. The zero-order chi connectivity index (χ0) is 11.5. The lowest BCUT2D eigenvalue weighted by molar-refractivity contribution is 0.619. The van der Waals surface area contributed by atoms with Crippen molar-refractivity contribution in [1.82, 2.24) is 10.2 Å². The van der Waals surface area contributed by atoms with E-state index in [-0.39, 0.29) is 5.82 Å². The summed E-state index contributed by atoms with van der Waals surface area (Å²) in [5.41, 5.74) is 1.42. The van der Waals surface area contributed by atoms with Crippen molar-refractivity contribution in [3.05, 3.63) is 29.6 Å². The van der Waals surface area contributed by atoms with Gasteiger partial charge in [-0.15, -0.1) is 10.2 Å². The smallest absolute Gasteiger partial charge is 0.205 e. The van der Waals surface area contributed by atoms with Crippen LogP contribution in [0, 0.1) is 12.7 Å². The third-order valence-electron chi connectivity index (χ3n) is 2.25. The Labute approximate surface area is 97.3 Å². The molecule has 1 heterocycles. The van der Waals surface area contributed by atoms with Gasteiger partial charge in [0.05, 0.1) is 0 Å². The van der Waals surface area contributed by atoms with Gasteiger partial charge in [-0.2, -0.15) is 0 Å². The van der Waals surface area contributed by atoms with Crippen molar-refractivity contribution < 1.29 is 4.39 Å². The third-order valence-corrected chi connectivity index (χ3v) is 3.17. The molecule has 0 saturated heterocycles. The van der Waals surface area contributed by atoms with Crippen LogP contribution in [0.15, 0.2) is 18.2 Å². The quantitative estimate of drug-likeness (QED) is 0.891. The van der Waals surface area contributed by atoms with Crippen LogP contribution in [-0.2, 0) is 0 Å². The van der Waals surface area contributed by atoms with E-state index in [2.05, 4.69) is 15.5 Å². The monoisotopic (exact) mass is 237 g/mol. The summed E-state index contributed by atoms with van der Waals surface area (Å²) in [6, 6.07) is 4.99. The molecule has 0 radical (unpaired) electrons. The predicted molar refractivity (Wildman–Crippen MR) is 64.2 cm³/mol. The average Bonchev–Trinajstić information content (AvgIpc) is 2.71. The standard InChI is InChI=1S/C11H12FN3S/c1-3-13-11-15-14-10(16-11)8-5-4-6-9(12)7(8)2/h4-6H,3H2,1-2H3,(H,13,15). The summed E-state index contributed by atoms with van der Waals surface area (Å²) in [5, 5.41) is 12.6. The van der Waals surface area contributed by atoms with E-state index in [9.17, 15) is 4.39 Å². The lowest BCUT2D eigenvalue weighted by Crippen LogP contribution is -1.94. The van der Waals surface area contributed by atoms with Crippen LogP contribution in [0.4, 0.5) is 9.52 Å². The minimum absolute atomic E-state index is 0.210. The number of nitrogens with zero attached hydrogens (tertiary/aromatic N) is 2. The molecule has 0 fully saturated rings. The molecule has 0 saturated carbocycles. The Balaban J connectivity index is 2.39. The van der Waals surface area contributed by atoms with E-state index < -0.39 is 0 Å². The highest BCUT2D eigenvalue weighted by molar-refractivity contribution is 7.18. The lowest BCUT2D eigenvalue weighted by atomic mass is 10.1. The number of halogens is 1. The normalized spacial score (nSPS) is 10.4. The molecule has 0 amide bonds. The van der Waals surface area contributed by atoms with Gasteiger partial charge in [-0.3, -0.25) is 0 Å². The lowest BCUT2D eigenvalue weighted by Gasteiger charge is -2.01. The largest absolute Gasteiger partial charge is 0.360 e. The first kappa shape index (κ1) is 11.0. The third kappa shape index (κ3) is 2.04. The summed E-state index contributed by atoms with van der Waals surface area (Å²) < 4.78 is 13.4. The van der Waals surface area contributed by atoms with Crippen LogP contribution in [0.25, 0.3) is 10.6 Å². The number of nitrogens with one attached hydrogen (secondary N) is 1. The van der Waals surface area contributed by atoms with Gasteiger partial charge < -0.3 is 5.32 Å². The van der Waals surface area contributed by atoms with E-state index in [0.29, 0.717) is 5.56 Å². The Bertz CT molecular complexity index is 496. The van der Waals surface area contributed by atoms with E-state index >= 15 is 0 Å². The van der Waals surface area contributed by atoms with Gasteiger partial charge in [0.25, 0.3) is 0 Å². The van der Waals surface area contributed by atoms with E-state index in [1.54, 1.807) is 13.0 Å². The van der Waals surface area contributed by atoms with Crippen molar-refractivity contribution in [2.24, 2.45) is 0 Å². The topological polar surface area (TPSA) is 37.8 Å². The first-order chi connectivity index (χ1) is 7.72. The van der Waals surface area contributed by atoms with E-state index in [1.165, 1.54) is 17.4 Å². The SMILES string of the molecule is CCNc1nnc(-c2cccc(F)c2C)s1. The van der Waals surface area contributed by atoms with Crippen LogP contribution < -0.4 is 5.32 Å². The summed E-state index contributed by atoms with van der Waals surface area (Å²) in [4.78, 5) is 0. The number of hydrogen-bond donors (Lipinski definition) is 1. The Morgan fingerprint density at radius 1 is 1.38 bits per heavy atom. The predicted octanol–water partition coefficient (Wildman–Crippen LogP) is 3.08. The van der Waals surface area contributed by atoms with Crippen molar-refractivity contribution >= 4 is 16.5 Å². The molecule has 0 atom stereocenters. The maximum Gasteiger partial charge on any atom is 0.205 e. The Hall–Kier alpha value is -1.49. The molecular formula is C11H12FN3S. The first-order valence-corrected chi connectivity index (χ1v) is 5.87. The van der Waals surface area contributed by atoms with Crippen LogP contribution in [0.3, 0.4) is 0 Å². The van der Waals surface area contributed by atoms with Crippen LogP contribution in [0.1, 0.15) is 12.5 Å². The minimum Gasteiger partial charge on any atom is -0.360 e. The zero-order valence-corrected chi connectivity index (χ0v) is 9.94. The second kappa shape index (κ2) is 4.57. The molecule has 2 aromatic rings. The molecule has 5 heteroatoms. The fourth-order valence-electron chi connectivity index (χ4n) is 1.39. The number of rotatable bonds is 3. The molecule has 16 heavy (non-hydrogen) atoms. The maximum absolute atomic E-state index is 13.4. The van der Waals surface area contributed by atoms with Crippen molar-refractivity contribution in [2.75, 3.05) is 11.9 Å². The molecule has 0 aliphatic rings. The molecular weight excluding hydrogens is 225 g/mol. The van der Waals surface area contributed by atoms with Crippen LogP contribution >= 0.6 is 11.3 Å². The van der Waals surface area contributed by atoms with E-state index in [0.717, 1.165) is 22.2 Å². The number of anilines is 1.